The van der Waals surface area contributed by atoms with Gasteiger partial charge in [-0.2, -0.15) is 0 Å². The van der Waals surface area contributed by atoms with E-state index in [1.54, 1.807) is 25.4 Å². The molecule has 5 N–H and O–H groups in total. The van der Waals surface area contributed by atoms with Crippen LogP contribution in [-0.4, -0.2) is 45.9 Å². The van der Waals surface area contributed by atoms with Gasteiger partial charge in [-0.05, 0) is 30.2 Å². The van der Waals surface area contributed by atoms with Crippen molar-refractivity contribution in [2.45, 2.75) is 32.0 Å². The highest BCUT2D eigenvalue weighted by atomic mass is 35.5. The van der Waals surface area contributed by atoms with Crippen molar-refractivity contribution in [3.8, 4) is 39.4 Å². The maximum atomic E-state index is 13.1. The number of amides is 2. The molecule has 0 radical (unpaired) electrons. The Labute approximate surface area is 292 Å². The summed E-state index contributed by atoms with van der Waals surface area (Å²) >= 11 is 14.1. The lowest BCUT2D eigenvalue weighted by atomic mass is 9.97. The molecular formula is C36H33Cl2N7O4. The number of methoxy groups -OCH3 is 1. The average molecular weight is 699 g/mol. The molecule has 0 unspecified atom stereocenters. The molecule has 0 saturated carbocycles. The third-order valence-corrected chi connectivity index (χ3v) is 9.18. The monoisotopic (exact) mass is 697 g/mol. The minimum Gasteiger partial charge on any atom is -0.481 e. The number of rotatable bonds is 12. The summed E-state index contributed by atoms with van der Waals surface area (Å²) in [6.45, 7) is 4.79. The standard InChI is InChI=1S/C36H33Cl2N7O4/c1-20(34(39)47)41-17-23-18-42-30-15-21(13-14-45(30)36(23)48)25-5-3-6-26(32(25)37)27-7-4-8-28(33(27)38)29-11-9-22(35(44-29)49-2)16-40-19-24-10-12-31(46)43-24/h3-9,11,13-15,18,24,40-41H,1,10,12,16-17,19H2,2H3,(H2,39,47)(H,43,46)/t24-/m1/s1. The molecular weight excluding hydrogens is 665 g/mol. The molecule has 250 valence electrons. The van der Waals surface area contributed by atoms with E-state index in [2.05, 4.69) is 27.5 Å². The van der Waals surface area contributed by atoms with Crippen LogP contribution in [0, 0.1) is 0 Å². The van der Waals surface area contributed by atoms with Crippen LogP contribution in [0.15, 0.2) is 90.1 Å². The van der Waals surface area contributed by atoms with Gasteiger partial charge in [0.25, 0.3) is 11.5 Å². The lowest BCUT2D eigenvalue weighted by Gasteiger charge is -2.16. The van der Waals surface area contributed by atoms with Crippen molar-refractivity contribution in [2.24, 2.45) is 5.73 Å². The summed E-state index contributed by atoms with van der Waals surface area (Å²) in [5, 5.41) is 10.0. The fourth-order valence-corrected chi connectivity index (χ4v) is 6.40. The molecule has 3 aromatic heterocycles. The normalized spacial score (nSPS) is 14.1. The van der Waals surface area contributed by atoms with Gasteiger partial charge in [-0.3, -0.25) is 18.8 Å². The molecule has 1 fully saturated rings. The van der Waals surface area contributed by atoms with Crippen molar-refractivity contribution < 1.29 is 14.3 Å². The van der Waals surface area contributed by atoms with Gasteiger partial charge in [-0.1, -0.05) is 72.2 Å². The van der Waals surface area contributed by atoms with Crippen molar-refractivity contribution in [1.82, 2.24) is 30.3 Å². The number of nitrogens with zero attached hydrogens (tertiary/aromatic N) is 3. The Hall–Kier alpha value is -5.23. The Morgan fingerprint density at radius 1 is 1.02 bits per heavy atom. The van der Waals surface area contributed by atoms with Gasteiger partial charge in [0.2, 0.25) is 11.8 Å². The highest BCUT2D eigenvalue weighted by molar-refractivity contribution is 6.39. The summed E-state index contributed by atoms with van der Waals surface area (Å²) in [6.07, 6.45) is 4.47. The molecule has 6 rings (SSSR count). The third kappa shape index (κ3) is 7.14. The third-order valence-electron chi connectivity index (χ3n) is 8.37. The molecule has 2 aromatic carbocycles. The van der Waals surface area contributed by atoms with Gasteiger partial charge in [0.05, 0.1) is 34.1 Å². The minimum absolute atomic E-state index is 0.00532. The first-order chi connectivity index (χ1) is 23.6. The second-order valence-corrected chi connectivity index (χ2v) is 12.3. The van der Waals surface area contributed by atoms with Crippen molar-refractivity contribution >= 4 is 40.7 Å². The van der Waals surface area contributed by atoms with E-state index in [1.807, 2.05) is 48.5 Å². The molecule has 0 aliphatic carbocycles. The molecule has 5 aromatic rings. The van der Waals surface area contributed by atoms with Crippen LogP contribution in [0.3, 0.4) is 0 Å². The number of primary amides is 1. The Morgan fingerprint density at radius 3 is 2.43 bits per heavy atom. The van der Waals surface area contributed by atoms with Crippen LogP contribution in [0.4, 0.5) is 0 Å². The van der Waals surface area contributed by atoms with E-state index < -0.39 is 5.91 Å². The van der Waals surface area contributed by atoms with Crippen molar-refractivity contribution in [1.29, 1.82) is 0 Å². The van der Waals surface area contributed by atoms with Crippen LogP contribution < -0.4 is 32.0 Å². The molecule has 0 bridgehead atoms. The predicted octanol–water partition coefficient (Wildman–Crippen LogP) is 4.86. The number of nitrogens with one attached hydrogen (secondary N) is 3. The number of hydrogen-bond donors (Lipinski definition) is 4. The summed E-state index contributed by atoms with van der Waals surface area (Å²) < 4.78 is 7.05. The molecule has 1 saturated heterocycles. The average Bonchev–Trinajstić information content (AvgIpc) is 3.52. The van der Waals surface area contributed by atoms with Crippen LogP contribution in [-0.2, 0) is 22.7 Å². The number of fused-ring (bicyclic) bond motifs is 1. The number of carbonyl (C=O) groups excluding carboxylic acids is 2. The van der Waals surface area contributed by atoms with E-state index in [0.717, 1.165) is 34.2 Å². The zero-order valence-corrected chi connectivity index (χ0v) is 28.1. The number of carbonyl (C=O) groups is 2. The van der Waals surface area contributed by atoms with Crippen molar-refractivity contribution in [3.63, 3.8) is 0 Å². The molecule has 1 atom stereocenters. The van der Waals surface area contributed by atoms with E-state index in [4.69, 9.17) is 38.7 Å². The predicted molar refractivity (Wildman–Crippen MR) is 190 cm³/mol. The van der Waals surface area contributed by atoms with E-state index in [-0.39, 0.29) is 29.8 Å². The summed E-state index contributed by atoms with van der Waals surface area (Å²) in [7, 11) is 1.58. The highest BCUT2D eigenvalue weighted by Crippen LogP contribution is 2.42. The van der Waals surface area contributed by atoms with Gasteiger partial charge in [0.15, 0.2) is 0 Å². The van der Waals surface area contributed by atoms with E-state index in [9.17, 15) is 14.4 Å². The molecule has 11 nitrogen and oxygen atoms in total. The van der Waals surface area contributed by atoms with Gasteiger partial charge in [-0.25, -0.2) is 9.97 Å². The summed E-state index contributed by atoms with van der Waals surface area (Å²) in [4.78, 5) is 45.1. The molecule has 0 spiro atoms. The van der Waals surface area contributed by atoms with Crippen molar-refractivity contribution in [2.75, 3.05) is 13.7 Å². The first kappa shape index (κ1) is 33.7. The zero-order chi connectivity index (χ0) is 34.7. The van der Waals surface area contributed by atoms with E-state index in [1.165, 1.54) is 10.6 Å². The lowest BCUT2D eigenvalue weighted by Crippen LogP contribution is -2.35. The van der Waals surface area contributed by atoms with Gasteiger partial charge in [0.1, 0.15) is 5.65 Å². The van der Waals surface area contributed by atoms with Crippen LogP contribution in [0.2, 0.25) is 10.0 Å². The van der Waals surface area contributed by atoms with Crippen LogP contribution in [0.1, 0.15) is 24.0 Å². The molecule has 1 aliphatic heterocycles. The van der Waals surface area contributed by atoms with Gasteiger partial charge < -0.3 is 26.4 Å². The maximum Gasteiger partial charge on any atom is 0.264 e. The Kier molecular flexibility index (Phi) is 9.95. The Bertz CT molecular complexity index is 2170. The summed E-state index contributed by atoms with van der Waals surface area (Å²) in [5.74, 6) is -0.137. The van der Waals surface area contributed by atoms with Gasteiger partial charge in [-0.15, -0.1) is 0 Å². The molecule has 13 heteroatoms. The number of aromatic nitrogens is 3. The number of nitrogens with two attached hydrogens (primary N) is 1. The lowest BCUT2D eigenvalue weighted by molar-refractivity contribution is -0.119. The fraction of sp³-hybridized carbons (Fsp3) is 0.194. The second-order valence-electron chi connectivity index (χ2n) is 11.6. The Morgan fingerprint density at radius 2 is 1.73 bits per heavy atom. The minimum atomic E-state index is -0.700. The molecule has 1 aliphatic rings. The van der Waals surface area contributed by atoms with E-state index >= 15 is 0 Å². The second kappa shape index (κ2) is 14.5. The largest absolute Gasteiger partial charge is 0.481 e. The number of pyridine rings is 2. The summed E-state index contributed by atoms with van der Waals surface area (Å²) in [6, 6.07) is 18.9. The Balaban J connectivity index is 1.26. The highest BCUT2D eigenvalue weighted by Gasteiger charge is 2.21. The number of halogens is 2. The zero-order valence-electron chi connectivity index (χ0n) is 26.6. The quantitative estimate of drug-likeness (QED) is 0.135. The van der Waals surface area contributed by atoms with Crippen molar-refractivity contribution in [3.05, 3.63) is 117 Å². The van der Waals surface area contributed by atoms with Crippen LogP contribution >= 0.6 is 23.2 Å². The van der Waals surface area contributed by atoms with Gasteiger partial charge in [0, 0.05) is 72.3 Å². The maximum absolute atomic E-state index is 13.1. The fourth-order valence-electron chi connectivity index (χ4n) is 5.73. The number of hydrogen-bond acceptors (Lipinski definition) is 8. The molecule has 49 heavy (non-hydrogen) atoms. The first-order valence-corrected chi connectivity index (χ1v) is 16.2. The first-order valence-electron chi connectivity index (χ1n) is 15.5. The smallest absolute Gasteiger partial charge is 0.264 e. The van der Waals surface area contributed by atoms with Crippen LogP contribution in [0.5, 0.6) is 5.88 Å². The van der Waals surface area contributed by atoms with Crippen LogP contribution in [0.25, 0.3) is 39.2 Å². The molecule has 4 heterocycles. The number of benzene rings is 2. The number of ether oxygens (including phenoxy) is 1. The van der Waals surface area contributed by atoms with E-state index in [0.29, 0.717) is 57.9 Å². The SMILES string of the molecule is C=C(NCc1cnc2cc(-c3cccc(-c4cccc(-c5ccc(CNC[C@H]6CCC(=O)N6)c(OC)n5)c4Cl)c3Cl)ccn2c1=O)C(N)=O. The topological polar surface area (TPSA) is 153 Å². The molecule has 2 amide bonds. The summed E-state index contributed by atoms with van der Waals surface area (Å²) in [5.41, 5.74) is 10.9. The van der Waals surface area contributed by atoms with Gasteiger partial charge >= 0.3 is 0 Å².